The third kappa shape index (κ3) is 5.62. The van der Waals surface area contributed by atoms with Crippen LogP contribution in [0.1, 0.15) is 72.1 Å². The van der Waals surface area contributed by atoms with E-state index in [9.17, 15) is 15.3 Å². The highest BCUT2D eigenvalue weighted by Crippen LogP contribution is 2.55. The number of hydrogen-bond donors (Lipinski definition) is 3. The van der Waals surface area contributed by atoms with Crippen LogP contribution in [0.25, 0.3) is 0 Å². The van der Waals surface area contributed by atoms with Crippen molar-refractivity contribution in [2.24, 2.45) is 11.3 Å². The number of fused-ring (bicyclic) bond motifs is 1. The first-order valence-corrected chi connectivity index (χ1v) is 13.3. The Morgan fingerprint density at radius 2 is 2.03 bits per heavy atom. The van der Waals surface area contributed by atoms with Crippen molar-refractivity contribution in [3.8, 4) is 11.8 Å². The predicted octanol–water partition coefficient (Wildman–Crippen LogP) is 5.34. The molecule has 3 aliphatic carbocycles. The van der Waals surface area contributed by atoms with Crippen LogP contribution in [-0.4, -0.2) is 44.6 Å². The molecule has 0 unspecified atom stereocenters. The molecule has 0 radical (unpaired) electrons. The van der Waals surface area contributed by atoms with Crippen molar-refractivity contribution >= 4 is 11.8 Å². The summed E-state index contributed by atoms with van der Waals surface area (Å²) in [7, 11) is 0. The van der Waals surface area contributed by atoms with E-state index in [1.807, 2.05) is 25.6 Å². The smallest absolute Gasteiger partial charge is 0.125 e. The quantitative estimate of drug-likeness (QED) is 0.287. The van der Waals surface area contributed by atoms with E-state index in [2.05, 4.69) is 43.6 Å². The van der Waals surface area contributed by atoms with Gasteiger partial charge in [0.15, 0.2) is 0 Å². The van der Waals surface area contributed by atoms with Gasteiger partial charge < -0.3 is 15.3 Å². The monoisotopic (exact) mass is 456 g/mol. The number of aliphatic hydroxyl groups is 3. The second-order valence-electron chi connectivity index (χ2n) is 9.89. The molecule has 0 spiro atoms. The highest BCUT2D eigenvalue weighted by Gasteiger charge is 2.44. The van der Waals surface area contributed by atoms with Gasteiger partial charge in [0, 0.05) is 12.2 Å². The summed E-state index contributed by atoms with van der Waals surface area (Å²) in [6, 6.07) is 0. The fourth-order valence-electron chi connectivity index (χ4n) is 5.43. The molecule has 4 atom stereocenters. The Kier molecular flexibility index (Phi) is 8.55. The summed E-state index contributed by atoms with van der Waals surface area (Å²) in [6.45, 7) is 10.4. The molecular weight excluding hydrogens is 416 g/mol. The van der Waals surface area contributed by atoms with Gasteiger partial charge in [-0.3, -0.25) is 0 Å². The lowest BCUT2D eigenvalue weighted by atomic mass is 9.64. The molecular formula is C28H40O3S. The normalized spacial score (nSPS) is 33.1. The van der Waals surface area contributed by atoms with Gasteiger partial charge in [-0.15, -0.1) is 11.8 Å². The maximum absolute atomic E-state index is 10.3. The van der Waals surface area contributed by atoms with Gasteiger partial charge >= 0.3 is 0 Å². The van der Waals surface area contributed by atoms with Gasteiger partial charge in [0.05, 0.1) is 18.0 Å². The zero-order chi connectivity index (χ0) is 23.4. The number of allylic oxidation sites excluding steroid dienone is 4. The van der Waals surface area contributed by atoms with Crippen molar-refractivity contribution in [2.45, 2.75) is 89.9 Å². The van der Waals surface area contributed by atoms with Crippen LogP contribution < -0.4 is 0 Å². The lowest BCUT2D eigenvalue weighted by Gasteiger charge is -2.41. The van der Waals surface area contributed by atoms with Crippen molar-refractivity contribution in [3.63, 3.8) is 0 Å². The van der Waals surface area contributed by atoms with Crippen LogP contribution in [0.15, 0.2) is 47.1 Å². The molecule has 0 amide bonds. The summed E-state index contributed by atoms with van der Waals surface area (Å²) in [4.78, 5) is 0. The van der Waals surface area contributed by atoms with E-state index in [-0.39, 0.29) is 5.41 Å². The average Bonchev–Trinajstić information content (AvgIpc) is 3.11. The van der Waals surface area contributed by atoms with Crippen molar-refractivity contribution in [1.82, 2.24) is 0 Å². The molecule has 0 aromatic heterocycles. The highest BCUT2D eigenvalue weighted by atomic mass is 32.2. The third-order valence-electron chi connectivity index (χ3n) is 7.90. The number of thioether (sulfide) groups is 1. The number of rotatable bonds is 6. The SMILES string of the molecule is C=C1/C(=C\C=C2/CCC[C@]3(C)C(CSCC#CC(O)(CC)CC)=CC[C@@H]23)C[C@@H](O)C[C@@H]1O. The van der Waals surface area contributed by atoms with E-state index in [0.29, 0.717) is 31.6 Å². The van der Waals surface area contributed by atoms with Crippen LogP contribution in [0, 0.1) is 23.2 Å². The molecule has 2 saturated carbocycles. The summed E-state index contributed by atoms with van der Waals surface area (Å²) in [6.07, 6.45) is 12.6. The fraction of sp³-hybridized carbons (Fsp3) is 0.643. The van der Waals surface area contributed by atoms with E-state index in [0.717, 1.165) is 35.5 Å². The number of aliphatic hydroxyl groups excluding tert-OH is 2. The summed E-state index contributed by atoms with van der Waals surface area (Å²) >= 11 is 1.85. The molecule has 0 aromatic carbocycles. The first kappa shape index (κ1) is 25.4. The molecule has 0 aliphatic heterocycles. The first-order valence-electron chi connectivity index (χ1n) is 12.2. The maximum Gasteiger partial charge on any atom is 0.125 e. The van der Waals surface area contributed by atoms with Crippen LogP contribution in [0.4, 0.5) is 0 Å². The van der Waals surface area contributed by atoms with E-state index in [4.69, 9.17) is 0 Å². The summed E-state index contributed by atoms with van der Waals surface area (Å²) < 4.78 is 0. The van der Waals surface area contributed by atoms with Gasteiger partial charge in [-0.2, -0.15) is 0 Å². The van der Waals surface area contributed by atoms with Gasteiger partial charge in [-0.1, -0.05) is 68.6 Å². The van der Waals surface area contributed by atoms with Crippen LogP contribution in [0.3, 0.4) is 0 Å². The predicted molar refractivity (Wildman–Crippen MR) is 135 cm³/mol. The second kappa shape index (κ2) is 10.8. The van der Waals surface area contributed by atoms with Crippen LogP contribution >= 0.6 is 11.8 Å². The summed E-state index contributed by atoms with van der Waals surface area (Å²) in [5.74, 6) is 8.53. The molecule has 32 heavy (non-hydrogen) atoms. The van der Waals surface area contributed by atoms with Gasteiger partial charge in [0.1, 0.15) is 5.60 Å². The average molecular weight is 457 g/mol. The van der Waals surface area contributed by atoms with Crippen molar-refractivity contribution in [1.29, 1.82) is 0 Å². The molecule has 4 heteroatoms. The highest BCUT2D eigenvalue weighted by molar-refractivity contribution is 7.99. The van der Waals surface area contributed by atoms with E-state index in [1.54, 1.807) is 5.57 Å². The molecule has 0 heterocycles. The molecule has 0 aromatic rings. The maximum atomic E-state index is 10.3. The molecule has 0 saturated heterocycles. The topological polar surface area (TPSA) is 60.7 Å². The van der Waals surface area contributed by atoms with Gasteiger partial charge in [-0.05, 0) is 67.4 Å². The molecule has 3 N–H and O–H groups in total. The Bertz CT molecular complexity index is 852. The summed E-state index contributed by atoms with van der Waals surface area (Å²) in [5, 5.41) is 30.5. The minimum absolute atomic E-state index is 0.208. The van der Waals surface area contributed by atoms with Crippen molar-refractivity contribution in [2.75, 3.05) is 11.5 Å². The molecule has 3 nitrogen and oxygen atoms in total. The zero-order valence-corrected chi connectivity index (χ0v) is 20.8. The standard InChI is InChI=1S/C28H40O3S/c1-5-28(31,6-2)15-8-16-32-19-23-12-13-25-21(9-7-14-27(23,25)4)10-11-22-17-24(29)18-26(30)20(22)3/h10-12,24-26,29-31H,3,5-7,9,13-14,16-19H2,1-2,4H3/b21-10+,22-11-/t24-,25+,26+,27-/m1/s1. The lowest BCUT2D eigenvalue weighted by Crippen LogP contribution is -2.31. The molecule has 3 rings (SSSR count). The van der Waals surface area contributed by atoms with Gasteiger partial charge in [0.2, 0.25) is 0 Å². The van der Waals surface area contributed by atoms with E-state index in [1.165, 1.54) is 18.4 Å². The minimum Gasteiger partial charge on any atom is -0.393 e. The Labute approximate surface area is 198 Å². The lowest BCUT2D eigenvalue weighted by molar-refractivity contribution is 0.0862. The van der Waals surface area contributed by atoms with Crippen molar-refractivity contribution < 1.29 is 15.3 Å². The minimum atomic E-state index is -0.836. The zero-order valence-electron chi connectivity index (χ0n) is 20.0. The Morgan fingerprint density at radius 3 is 2.75 bits per heavy atom. The van der Waals surface area contributed by atoms with Crippen LogP contribution in [0.5, 0.6) is 0 Å². The van der Waals surface area contributed by atoms with Gasteiger partial charge in [0.25, 0.3) is 0 Å². The molecule has 176 valence electrons. The first-order chi connectivity index (χ1) is 15.2. The fourth-order valence-corrected chi connectivity index (χ4v) is 6.38. The third-order valence-corrected chi connectivity index (χ3v) is 8.76. The molecule has 2 fully saturated rings. The molecule has 3 aliphatic rings. The molecule has 0 bridgehead atoms. The second-order valence-corrected chi connectivity index (χ2v) is 10.9. The van der Waals surface area contributed by atoms with Crippen LogP contribution in [0.2, 0.25) is 0 Å². The van der Waals surface area contributed by atoms with Crippen LogP contribution in [-0.2, 0) is 0 Å². The Balaban J connectivity index is 1.63. The largest absolute Gasteiger partial charge is 0.393 e. The number of hydrogen-bond acceptors (Lipinski definition) is 4. The van der Waals surface area contributed by atoms with E-state index < -0.39 is 17.8 Å². The Hall–Kier alpha value is -1.25. The van der Waals surface area contributed by atoms with Crippen molar-refractivity contribution in [3.05, 3.63) is 47.1 Å². The van der Waals surface area contributed by atoms with Gasteiger partial charge in [-0.25, -0.2) is 0 Å². The summed E-state index contributed by atoms with van der Waals surface area (Å²) in [5.41, 5.74) is 4.14. The Morgan fingerprint density at radius 1 is 1.28 bits per heavy atom. The van der Waals surface area contributed by atoms with E-state index >= 15 is 0 Å².